The molecule has 0 saturated heterocycles. The Morgan fingerprint density at radius 3 is 1.33 bits per heavy atom. The number of hydrogen-bond acceptors (Lipinski definition) is 0. The van der Waals surface area contributed by atoms with Crippen LogP contribution in [-0.2, 0) is 0 Å². The molecule has 0 aromatic heterocycles. The SMILES string of the molecule is BrC(Br)C1[CH]CC(C(Br)Br)[CH]C1. The standard InChI is InChI=1S/C8H10Br4/c9-7(10)5-1-2-6(4-3-5)8(11)12/h1,4-8H,2-3H2. The Hall–Kier alpha value is 1.92. The average molecular weight is 426 g/mol. The minimum atomic E-state index is 0.423. The van der Waals surface area contributed by atoms with Crippen LogP contribution in [0.1, 0.15) is 12.8 Å². The van der Waals surface area contributed by atoms with Gasteiger partial charge in [-0.15, -0.1) is 0 Å². The summed E-state index contributed by atoms with van der Waals surface area (Å²) in [6.45, 7) is 0. The van der Waals surface area contributed by atoms with Gasteiger partial charge in [0.15, 0.2) is 0 Å². The summed E-state index contributed by atoms with van der Waals surface area (Å²) >= 11 is 14.1. The molecule has 12 heavy (non-hydrogen) atoms. The highest BCUT2D eigenvalue weighted by atomic mass is 79.9. The zero-order valence-electron chi connectivity index (χ0n) is 6.39. The first kappa shape index (κ1) is 12.0. The molecule has 0 heterocycles. The maximum absolute atomic E-state index is 3.53. The van der Waals surface area contributed by atoms with Crippen molar-refractivity contribution in [1.82, 2.24) is 0 Å². The van der Waals surface area contributed by atoms with E-state index in [1.165, 1.54) is 0 Å². The lowest BCUT2D eigenvalue weighted by Gasteiger charge is -2.29. The van der Waals surface area contributed by atoms with Crippen LogP contribution in [0.3, 0.4) is 0 Å². The molecule has 1 rings (SSSR count). The third kappa shape index (κ3) is 3.58. The van der Waals surface area contributed by atoms with Crippen LogP contribution in [0.4, 0.5) is 0 Å². The van der Waals surface area contributed by atoms with Crippen LogP contribution in [0, 0.1) is 24.7 Å². The maximum atomic E-state index is 3.53. The van der Waals surface area contributed by atoms with E-state index >= 15 is 0 Å². The first-order valence-corrected chi connectivity index (χ1v) is 7.50. The lowest BCUT2D eigenvalue weighted by Crippen LogP contribution is -2.22. The zero-order chi connectivity index (χ0) is 9.14. The average Bonchev–Trinajstić information content (AvgIpc) is 2.04. The van der Waals surface area contributed by atoms with E-state index in [2.05, 4.69) is 76.6 Å². The van der Waals surface area contributed by atoms with Crippen molar-refractivity contribution in [1.29, 1.82) is 0 Å². The smallest absolute Gasteiger partial charge is 0.0728 e. The first-order valence-electron chi connectivity index (χ1n) is 3.84. The molecule has 70 valence electrons. The largest absolute Gasteiger partial charge is 0.0762 e. The van der Waals surface area contributed by atoms with Gasteiger partial charge in [0.2, 0.25) is 0 Å². The fourth-order valence-electron chi connectivity index (χ4n) is 1.27. The van der Waals surface area contributed by atoms with Gasteiger partial charge in [-0.1, -0.05) is 63.7 Å². The van der Waals surface area contributed by atoms with Crippen LogP contribution in [0.2, 0.25) is 0 Å². The van der Waals surface area contributed by atoms with Crippen molar-refractivity contribution in [3.05, 3.63) is 12.8 Å². The summed E-state index contributed by atoms with van der Waals surface area (Å²) in [5.41, 5.74) is 0. The molecular formula is C8H10Br4. The number of hydrogen-bond donors (Lipinski definition) is 0. The molecule has 1 aliphatic rings. The van der Waals surface area contributed by atoms with E-state index in [1.54, 1.807) is 0 Å². The van der Waals surface area contributed by atoms with Gasteiger partial charge in [-0.05, 0) is 37.5 Å². The Balaban J connectivity index is 2.30. The summed E-state index contributed by atoms with van der Waals surface area (Å²) in [5.74, 6) is 1.28. The monoisotopic (exact) mass is 422 g/mol. The molecule has 4 heteroatoms. The second-order valence-electron chi connectivity index (χ2n) is 2.94. The Labute approximate surface area is 108 Å². The quantitative estimate of drug-likeness (QED) is 0.565. The third-order valence-electron chi connectivity index (χ3n) is 2.07. The molecule has 1 fully saturated rings. The number of alkyl halides is 4. The lowest BCUT2D eigenvalue weighted by molar-refractivity contribution is 0.472. The molecule has 0 aromatic rings. The van der Waals surface area contributed by atoms with Crippen LogP contribution >= 0.6 is 63.7 Å². The fraction of sp³-hybridized carbons (Fsp3) is 0.750. The molecular weight excluding hydrogens is 416 g/mol. The molecule has 1 aliphatic carbocycles. The van der Waals surface area contributed by atoms with Crippen LogP contribution in [0.15, 0.2) is 0 Å². The van der Waals surface area contributed by atoms with Gasteiger partial charge in [-0.25, -0.2) is 0 Å². The predicted molar refractivity (Wildman–Crippen MR) is 68.1 cm³/mol. The summed E-state index contributed by atoms with van der Waals surface area (Å²) in [4.78, 5) is 0. The van der Waals surface area contributed by atoms with Crippen molar-refractivity contribution >= 4 is 63.7 Å². The van der Waals surface area contributed by atoms with E-state index in [1.807, 2.05) is 0 Å². The van der Waals surface area contributed by atoms with Gasteiger partial charge in [-0.2, -0.15) is 0 Å². The molecule has 0 aliphatic heterocycles. The molecule has 2 radical (unpaired) electrons. The Bertz CT molecular complexity index is 111. The van der Waals surface area contributed by atoms with Gasteiger partial charge in [0, 0.05) is 0 Å². The van der Waals surface area contributed by atoms with Crippen molar-refractivity contribution in [3.63, 3.8) is 0 Å². The molecule has 2 atom stereocenters. The highest BCUT2D eigenvalue weighted by molar-refractivity contribution is 9.25. The highest BCUT2D eigenvalue weighted by Gasteiger charge is 2.27. The van der Waals surface area contributed by atoms with Crippen molar-refractivity contribution in [3.8, 4) is 0 Å². The van der Waals surface area contributed by atoms with Gasteiger partial charge < -0.3 is 0 Å². The minimum Gasteiger partial charge on any atom is -0.0762 e. The van der Waals surface area contributed by atoms with E-state index in [9.17, 15) is 0 Å². The maximum Gasteiger partial charge on any atom is 0.0728 e. The second kappa shape index (κ2) is 5.72. The normalized spacial score (nSPS) is 31.5. The van der Waals surface area contributed by atoms with E-state index in [-0.39, 0.29) is 0 Å². The van der Waals surface area contributed by atoms with Gasteiger partial charge in [0.1, 0.15) is 0 Å². The first-order chi connectivity index (χ1) is 5.61. The summed E-state index contributed by atoms with van der Waals surface area (Å²) in [7, 11) is 0. The topological polar surface area (TPSA) is 0 Å². The Kier molecular flexibility index (Phi) is 5.71. The predicted octanol–water partition coefficient (Wildman–Crippen LogP) is 4.65. The summed E-state index contributed by atoms with van der Waals surface area (Å²) < 4.78 is 0.845. The molecule has 0 bridgehead atoms. The van der Waals surface area contributed by atoms with Crippen LogP contribution < -0.4 is 0 Å². The van der Waals surface area contributed by atoms with Crippen molar-refractivity contribution in [2.24, 2.45) is 11.8 Å². The van der Waals surface area contributed by atoms with Gasteiger partial charge in [0.05, 0.1) is 7.47 Å². The van der Waals surface area contributed by atoms with Crippen LogP contribution in [0.5, 0.6) is 0 Å². The van der Waals surface area contributed by atoms with Crippen molar-refractivity contribution in [2.45, 2.75) is 20.3 Å². The summed E-state index contributed by atoms with van der Waals surface area (Å²) in [6, 6.07) is 0. The van der Waals surface area contributed by atoms with E-state index in [0.29, 0.717) is 19.3 Å². The van der Waals surface area contributed by atoms with Crippen molar-refractivity contribution in [2.75, 3.05) is 0 Å². The third-order valence-corrected chi connectivity index (χ3v) is 4.79. The second-order valence-corrected chi connectivity index (χ2v) is 9.34. The molecule has 0 spiro atoms. The van der Waals surface area contributed by atoms with Gasteiger partial charge in [0.25, 0.3) is 0 Å². The fourth-order valence-corrected chi connectivity index (χ4v) is 2.99. The van der Waals surface area contributed by atoms with Crippen molar-refractivity contribution < 1.29 is 0 Å². The van der Waals surface area contributed by atoms with E-state index in [4.69, 9.17) is 0 Å². The molecule has 0 nitrogen and oxygen atoms in total. The Morgan fingerprint density at radius 2 is 1.17 bits per heavy atom. The summed E-state index contributed by atoms with van der Waals surface area (Å²) in [5, 5.41) is 0. The Morgan fingerprint density at radius 1 is 0.833 bits per heavy atom. The van der Waals surface area contributed by atoms with Gasteiger partial charge in [-0.3, -0.25) is 0 Å². The van der Waals surface area contributed by atoms with E-state index < -0.39 is 0 Å². The lowest BCUT2D eigenvalue weighted by atomic mass is 9.84. The molecule has 1 saturated carbocycles. The molecule has 0 N–H and O–H groups in total. The zero-order valence-corrected chi connectivity index (χ0v) is 12.7. The molecule has 0 amide bonds. The van der Waals surface area contributed by atoms with Crippen LogP contribution in [-0.4, -0.2) is 7.47 Å². The highest BCUT2D eigenvalue weighted by Crippen LogP contribution is 2.38. The number of rotatable bonds is 2. The number of halogens is 4. The molecule has 0 aromatic carbocycles. The van der Waals surface area contributed by atoms with E-state index in [0.717, 1.165) is 12.8 Å². The molecule has 2 unspecified atom stereocenters. The minimum absolute atomic E-state index is 0.423. The van der Waals surface area contributed by atoms with Crippen LogP contribution in [0.25, 0.3) is 0 Å². The van der Waals surface area contributed by atoms with Gasteiger partial charge >= 0.3 is 0 Å². The summed E-state index contributed by atoms with van der Waals surface area (Å²) in [6.07, 6.45) is 7.07.